The van der Waals surface area contributed by atoms with Crippen LogP contribution < -0.4 is 119 Å². The second-order valence-electron chi connectivity index (χ2n) is 2.65. The van der Waals surface area contributed by atoms with Crippen molar-refractivity contribution in [1.29, 1.82) is 0 Å². The van der Waals surface area contributed by atoms with E-state index >= 15 is 0 Å². The van der Waals surface area contributed by atoms with Crippen LogP contribution in [0.1, 0.15) is 10.4 Å². The van der Waals surface area contributed by atoms with Gasteiger partial charge in [-0.25, -0.2) is 0 Å². The Morgan fingerprint density at radius 2 is 1.76 bits per heavy atom. The normalized spacial score (nSPS) is 9.94. The maximum absolute atomic E-state index is 11.0. The molecule has 1 rings (SSSR count). The molecule has 10 heteroatoms. The van der Waals surface area contributed by atoms with Gasteiger partial charge in [-0.15, -0.1) is 0 Å². The smallest absolute Gasteiger partial charge is 0.872 e. The average molecular weight is 309 g/mol. The van der Waals surface area contributed by atoms with Crippen molar-refractivity contribution in [3.63, 3.8) is 0 Å². The van der Waals surface area contributed by atoms with Gasteiger partial charge < -0.3 is 20.7 Å². The first-order valence-corrected chi connectivity index (χ1v) is 4.97. The van der Waals surface area contributed by atoms with Crippen molar-refractivity contribution in [2.45, 2.75) is 4.90 Å². The molecule has 0 aliphatic rings. The summed E-state index contributed by atoms with van der Waals surface area (Å²) >= 11 is 0. The van der Waals surface area contributed by atoms with Crippen LogP contribution in [0.3, 0.4) is 0 Å². The predicted octanol–water partition coefficient (Wildman–Crippen LogP) is -8.04. The van der Waals surface area contributed by atoms with Crippen molar-refractivity contribution in [2.24, 2.45) is 0 Å². The molecule has 1 aromatic rings. The number of carbonyl (C=O) groups excluding carboxylic acids is 1. The minimum Gasteiger partial charge on any atom is -0.872 e. The Morgan fingerprint density at radius 1 is 1.29 bits per heavy atom. The number of hydrogen-bond acceptors (Lipinski definition) is 6. The summed E-state index contributed by atoms with van der Waals surface area (Å²) in [5.74, 6) is -2.87. The van der Waals surface area contributed by atoms with Crippen molar-refractivity contribution in [2.75, 3.05) is 5.73 Å². The molecule has 0 aliphatic carbocycles. The van der Waals surface area contributed by atoms with Crippen molar-refractivity contribution in [1.82, 2.24) is 0 Å². The van der Waals surface area contributed by atoms with E-state index in [2.05, 4.69) is 0 Å². The van der Waals surface area contributed by atoms with Gasteiger partial charge in [0.1, 0.15) is 4.90 Å². The Balaban J connectivity index is 0. The molecule has 0 aromatic heterocycles. The van der Waals surface area contributed by atoms with Gasteiger partial charge in [-0.2, -0.15) is 8.42 Å². The van der Waals surface area contributed by atoms with E-state index in [-0.39, 0.29) is 103 Å². The van der Waals surface area contributed by atoms with Gasteiger partial charge in [0.2, 0.25) is 0 Å². The van der Waals surface area contributed by atoms with Gasteiger partial charge in [0, 0.05) is 0 Å². The molecule has 0 aliphatic heterocycles. The van der Waals surface area contributed by atoms with Crippen LogP contribution in [0.25, 0.3) is 0 Å². The fourth-order valence-corrected chi connectivity index (χ4v) is 1.57. The van der Waals surface area contributed by atoms with E-state index in [4.69, 9.17) is 10.3 Å². The number of hydrogen-bond donors (Lipinski definition) is 2. The van der Waals surface area contributed by atoms with Crippen LogP contribution in [0.5, 0.6) is 5.75 Å². The Labute approximate surface area is 182 Å². The average Bonchev–Trinajstić information content (AvgIpc) is 2.06. The number of rotatable bonds is 2. The summed E-state index contributed by atoms with van der Waals surface area (Å²) in [6.07, 6.45) is 0. The van der Waals surface area contributed by atoms with E-state index in [0.29, 0.717) is 12.1 Å². The second kappa shape index (κ2) is 7.92. The second-order valence-corrected chi connectivity index (χ2v) is 4.04. The van der Waals surface area contributed by atoms with Gasteiger partial charge in [0.25, 0.3) is 10.1 Å². The van der Waals surface area contributed by atoms with E-state index in [1.807, 2.05) is 0 Å². The van der Waals surface area contributed by atoms with E-state index in [1.165, 1.54) is 0 Å². The standard InChI is InChI=1S/C7H7NO6S.2K/c8-4-1-3(7(10)11)5(9)2-6(4)15(12,13)14;;/h1-2,9H,8H2,(H,10,11)(H,12,13,14);;/q;2*+1/p-2. The summed E-state index contributed by atoms with van der Waals surface area (Å²) in [7, 11) is -4.64. The number of nitrogen functional groups attached to an aromatic ring is 1. The van der Waals surface area contributed by atoms with Crippen LogP contribution in [0, 0.1) is 0 Å². The molecule has 0 spiro atoms. The summed E-state index contributed by atoms with van der Waals surface area (Å²) < 4.78 is 29.9. The quantitative estimate of drug-likeness (QED) is 0.313. The molecular weight excluding hydrogens is 304 g/mol. The maximum atomic E-state index is 11.0. The minimum atomic E-state index is -4.64. The maximum Gasteiger partial charge on any atom is 1.00 e. The zero-order valence-electron chi connectivity index (χ0n) is 9.13. The molecule has 1 aromatic carbocycles. The Morgan fingerprint density at radius 3 is 2.12 bits per heavy atom. The van der Waals surface area contributed by atoms with Crippen LogP contribution in [-0.4, -0.2) is 18.9 Å². The number of anilines is 1. The van der Waals surface area contributed by atoms with E-state index in [0.717, 1.165) is 0 Å². The van der Waals surface area contributed by atoms with Crippen molar-refractivity contribution < 1.29 is 131 Å². The van der Waals surface area contributed by atoms with Gasteiger partial charge in [-0.3, -0.25) is 4.55 Å². The van der Waals surface area contributed by atoms with Crippen LogP contribution in [0.2, 0.25) is 0 Å². The summed E-state index contributed by atoms with van der Waals surface area (Å²) in [5, 5.41) is 21.4. The minimum absolute atomic E-state index is 0. The predicted molar refractivity (Wildman–Crippen MR) is 44.4 cm³/mol. The summed E-state index contributed by atoms with van der Waals surface area (Å²) in [6.45, 7) is 0. The number of carboxylic acid groups (broad SMARTS) is 1. The Kier molecular flexibility index (Phi) is 9.68. The molecule has 0 heterocycles. The third kappa shape index (κ3) is 5.54. The molecule has 0 radical (unpaired) electrons. The van der Waals surface area contributed by atoms with Crippen LogP contribution in [-0.2, 0) is 10.1 Å². The van der Waals surface area contributed by atoms with Crippen LogP contribution >= 0.6 is 0 Å². The van der Waals surface area contributed by atoms with Crippen LogP contribution in [0.15, 0.2) is 17.0 Å². The summed E-state index contributed by atoms with van der Waals surface area (Å²) in [6, 6.07) is 1.05. The SMILES string of the molecule is Nc1cc(C(=O)[O-])c([O-])cc1S(=O)(=O)O.[K+].[K+]. The first kappa shape index (κ1) is 20.8. The summed E-state index contributed by atoms with van der Waals surface area (Å²) in [5.41, 5.74) is 3.85. The van der Waals surface area contributed by atoms with Crippen molar-refractivity contribution in [3.05, 3.63) is 17.7 Å². The van der Waals surface area contributed by atoms with E-state index in [9.17, 15) is 23.4 Å². The molecule has 0 unspecified atom stereocenters. The molecule has 0 fully saturated rings. The molecule has 3 N–H and O–H groups in total. The van der Waals surface area contributed by atoms with E-state index in [1.54, 1.807) is 0 Å². The molecule has 0 amide bonds. The van der Waals surface area contributed by atoms with Gasteiger partial charge >= 0.3 is 103 Å². The number of carbonyl (C=O) groups is 1. The first-order valence-electron chi connectivity index (χ1n) is 3.53. The molecule has 0 atom stereocenters. The summed E-state index contributed by atoms with van der Waals surface area (Å²) in [4.78, 5) is 9.53. The van der Waals surface area contributed by atoms with Gasteiger partial charge in [-0.05, 0) is 17.7 Å². The number of nitrogens with two attached hydrogens (primary N) is 1. The van der Waals surface area contributed by atoms with Crippen molar-refractivity contribution in [3.8, 4) is 5.75 Å². The molecule has 0 saturated heterocycles. The van der Waals surface area contributed by atoms with Crippen LogP contribution in [0.4, 0.5) is 5.69 Å². The fraction of sp³-hybridized carbons (Fsp3) is 0. The largest absolute Gasteiger partial charge is 1.00 e. The third-order valence-corrected chi connectivity index (χ3v) is 2.52. The number of aromatic carboxylic acids is 1. The monoisotopic (exact) mass is 309 g/mol. The topological polar surface area (TPSA) is 144 Å². The molecule has 0 bridgehead atoms. The third-order valence-electron chi connectivity index (χ3n) is 1.61. The van der Waals surface area contributed by atoms with Gasteiger partial charge in [0.15, 0.2) is 0 Å². The van der Waals surface area contributed by atoms with Gasteiger partial charge in [0.05, 0.1) is 11.7 Å². The molecule has 82 valence electrons. The molecule has 7 nitrogen and oxygen atoms in total. The van der Waals surface area contributed by atoms with E-state index < -0.39 is 38.0 Å². The molecular formula is C7H5K2NO6S. The number of benzene rings is 1. The van der Waals surface area contributed by atoms with Gasteiger partial charge in [-0.1, -0.05) is 5.75 Å². The Bertz CT molecular complexity index is 529. The molecule has 17 heavy (non-hydrogen) atoms. The van der Waals surface area contributed by atoms with Crippen molar-refractivity contribution >= 4 is 21.8 Å². The molecule has 0 saturated carbocycles. The first-order chi connectivity index (χ1) is 6.73. The number of carboxylic acids is 1. The zero-order valence-corrected chi connectivity index (χ0v) is 16.2. The zero-order chi connectivity index (χ0) is 11.8. The Hall–Kier alpha value is 1.47. The fourth-order valence-electron chi connectivity index (χ4n) is 0.961.